The van der Waals surface area contributed by atoms with Gasteiger partial charge in [0.25, 0.3) is 0 Å². The molecule has 0 aliphatic rings. The van der Waals surface area contributed by atoms with Crippen molar-refractivity contribution in [2.24, 2.45) is 0 Å². The number of carboxylic acid groups (broad SMARTS) is 1. The summed E-state index contributed by atoms with van der Waals surface area (Å²) in [5.41, 5.74) is 0.0701. The molecular formula is C16H21O4-. The van der Waals surface area contributed by atoms with E-state index in [-0.39, 0.29) is 11.5 Å². The Kier molecular flexibility index (Phi) is 7.40. The van der Waals surface area contributed by atoms with Crippen LogP contribution in [0.15, 0.2) is 24.3 Å². The molecule has 0 fully saturated rings. The van der Waals surface area contributed by atoms with E-state index in [9.17, 15) is 14.7 Å². The molecule has 0 saturated heterocycles. The van der Waals surface area contributed by atoms with Gasteiger partial charge in [0, 0.05) is 6.42 Å². The number of aromatic carboxylic acids is 1. The number of carboxylic acids is 1. The quantitative estimate of drug-likeness (QED) is 0.395. The lowest BCUT2D eigenvalue weighted by molar-refractivity contribution is -0.255. The van der Waals surface area contributed by atoms with Crippen molar-refractivity contribution in [2.45, 2.75) is 51.9 Å². The number of carbonyl (C=O) groups excluding carboxylic acids is 2. The normalized spacial score (nSPS) is 10.2. The van der Waals surface area contributed by atoms with E-state index >= 15 is 0 Å². The standard InChI is InChI=1S/C16H22O4/c1-2-3-4-5-6-7-8-15(17)20-14-11-9-13(10-12-14)16(18)19/h9-12H,2-8H2,1H3,(H,18,19)/p-1. The molecule has 0 spiro atoms. The minimum Gasteiger partial charge on any atom is -0.545 e. The van der Waals surface area contributed by atoms with E-state index in [4.69, 9.17) is 4.74 Å². The highest BCUT2D eigenvalue weighted by Crippen LogP contribution is 2.14. The summed E-state index contributed by atoms with van der Waals surface area (Å²) in [6.07, 6.45) is 7.10. The molecular weight excluding hydrogens is 256 g/mol. The lowest BCUT2D eigenvalue weighted by Crippen LogP contribution is -2.22. The maximum absolute atomic E-state index is 11.6. The van der Waals surface area contributed by atoms with E-state index in [1.165, 1.54) is 43.5 Å². The topological polar surface area (TPSA) is 66.4 Å². The van der Waals surface area contributed by atoms with Crippen LogP contribution in [0.25, 0.3) is 0 Å². The maximum Gasteiger partial charge on any atom is 0.311 e. The van der Waals surface area contributed by atoms with Crippen molar-refractivity contribution in [3.8, 4) is 5.75 Å². The smallest absolute Gasteiger partial charge is 0.311 e. The lowest BCUT2D eigenvalue weighted by Gasteiger charge is -2.06. The number of hydrogen-bond acceptors (Lipinski definition) is 4. The molecule has 1 aromatic carbocycles. The zero-order chi connectivity index (χ0) is 14.8. The Balaban J connectivity index is 2.23. The highest BCUT2D eigenvalue weighted by Gasteiger charge is 2.04. The summed E-state index contributed by atoms with van der Waals surface area (Å²) in [4.78, 5) is 22.1. The van der Waals surface area contributed by atoms with Gasteiger partial charge >= 0.3 is 5.97 Å². The van der Waals surface area contributed by atoms with E-state index in [0.29, 0.717) is 12.2 Å². The summed E-state index contributed by atoms with van der Waals surface area (Å²) in [6.45, 7) is 2.17. The number of unbranched alkanes of at least 4 members (excludes halogenated alkanes) is 5. The zero-order valence-corrected chi connectivity index (χ0v) is 11.9. The minimum absolute atomic E-state index is 0.0701. The molecule has 0 radical (unpaired) electrons. The predicted octanol–water partition coefficient (Wildman–Crippen LogP) is 2.71. The Labute approximate surface area is 119 Å². The molecule has 4 heteroatoms. The summed E-state index contributed by atoms with van der Waals surface area (Å²) < 4.78 is 5.12. The van der Waals surface area contributed by atoms with E-state index in [1.54, 1.807) is 0 Å². The van der Waals surface area contributed by atoms with Crippen LogP contribution in [-0.4, -0.2) is 11.9 Å². The van der Waals surface area contributed by atoms with Crippen LogP contribution >= 0.6 is 0 Å². The molecule has 4 nitrogen and oxygen atoms in total. The van der Waals surface area contributed by atoms with Gasteiger partial charge in [-0.15, -0.1) is 0 Å². The van der Waals surface area contributed by atoms with Crippen LogP contribution in [0.2, 0.25) is 0 Å². The van der Waals surface area contributed by atoms with Crippen molar-refractivity contribution < 1.29 is 19.4 Å². The van der Waals surface area contributed by atoms with Crippen LogP contribution in [0, 0.1) is 0 Å². The van der Waals surface area contributed by atoms with Gasteiger partial charge in [-0.05, 0) is 36.2 Å². The fourth-order valence-corrected chi connectivity index (χ4v) is 1.89. The Hall–Kier alpha value is -1.84. The van der Waals surface area contributed by atoms with E-state index < -0.39 is 5.97 Å². The largest absolute Gasteiger partial charge is 0.545 e. The second-order valence-corrected chi connectivity index (χ2v) is 4.80. The molecule has 1 rings (SSSR count). The average molecular weight is 277 g/mol. The number of ether oxygens (including phenoxy) is 1. The molecule has 1 aromatic rings. The van der Waals surface area contributed by atoms with Crippen LogP contribution in [0.5, 0.6) is 5.75 Å². The molecule has 0 aromatic heterocycles. The van der Waals surface area contributed by atoms with Gasteiger partial charge < -0.3 is 14.6 Å². The SMILES string of the molecule is CCCCCCCCC(=O)Oc1ccc(C(=O)[O-])cc1. The number of rotatable bonds is 9. The third-order valence-electron chi connectivity index (χ3n) is 3.06. The summed E-state index contributed by atoms with van der Waals surface area (Å²) in [6, 6.07) is 5.65. The second-order valence-electron chi connectivity index (χ2n) is 4.80. The van der Waals surface area contributed by atoms with Gasteiger partial charge in [-0.25, -0.2) is 0 Å². The number of carbonyl (C=O) groups is 2. The number of hydrogen-bond donors (Lipinski definition) is 0. The Morgan fingerprint density at radius 3 is 2.20 bits per heavy atom. The third-order valence-corrected chi connectivity index (χ3v) is 3.06. The molecule has 110 valence electrons. The Bertz CT molecular complexity index is 423. The van der Waals surface area contributed by atoms with Crippen molar-refractivity contribution in [3.63, 3.8) is 0 Å². The van der Waals surface area contributed by atoms with Crippen LogP contribution < -0.4 is 9.84 Å². The Morgan fingerprint density at radius 2 is 1.60 bits per heavy atom. The summed E-state index contributed by atoms with van der Waals surface area (Å²) in [5, 5.41) is 10.6. The third kappa shape index (κ3) is 6.36. The molecule has 0 atom stereocenters. The Morgan fingerprint density at radius 1 is 1.00 bits per heavy atom. The van der Waals surface area contributed by atoms with Gasteiger partial charge in [-0.1, -0.05) is 39.0 Å². The summed E-state index contributed by atoms with van der Waals surface area (Å²) >= 11 is 0. The molecule has 0 aliphatic heterocycles. The molecule has 0 saturated carbocycles. The van der Waals surface area contributed by atoms with Gasteiger partial charge in [-0.3, -0.25) is 4.79 Å². The highest BCUT2D eigenvalue weighted by molar-refractivity contribution is 5.86. The van der Waals surface area contributed by atoms with Gasteiger partial charge in [-0.2, -0.15) is 0 Å². The van der Waals surface area contributed by atoms with Crippen LogP contribution in [0.3, 0.4) is 0 Å². The molecule has 0 bridgehead atoms. The first-order chi connectivity index (χ1) is 9.63. The van der Waals surface area contributed by atoms with Gasteiger partial charge in [0.2, 0.25) is 0 Å². The van der Waals surface area contributed by atoms with Crippen molar-refractivity contribution in [2.75, 3.05) is 0 Å². The van der Waals surface area contributed by atoms with Crippen molar-refractivity contribution in [3.05, 3.63) is 29.8 Å². The van der Waals surface area contributed by atoms with Crippen LogP contribution in [0.1, 0.15) is 62.2 Å². The average Bonchev–Trinajstić information content (AvgIpc) is 2.43. The van der Waals surface area contributed by atoms with E-state index in [0.717, 1.165) is 19.3 Å². The lowest BCUT2D eigenvalue weighted by atomic mass is 10.1. The van der Waals surface area contributed by atoms with Crippen LogP contribution in [-0.2, 0) is 4.79 Å². The summed E-state index contributed by atoms with van der Waals surface area (Å²) in [7, 11) is 0. The fraction of sp³-hybridized carbons (Fsp3) is 0.500. The molecule has 0 heterocycles. The van der Waals surface area contributed by atoms with Gasteiger partial charge in [0.1, 0.15) is 5.75 Å². The second kappa shape index (κ2) is 9.13. The summed E-state index contributed by atoms with van der Waals surface area (Å²) in [5.74, 6) is -1.15. The van der Waals surface area contributed by atoms with Crippen molar-refractivity contribution >= 4 is 11.9 Å². The monoisotopic (exact) mass is 277 g/mol. The van der Waals surface area contributed by atoms with Crippen LogP contribution in [0.4, 0.5) is 0 Å². The first-order valence-corrected chi connectivity index (χ1v) is 7.15. The highest BCUT2D eigenvalue weighted by atomic mass is 16.5. The number of benzene rings is 1. The fourth-order valence-electron chi connectivity index (χ4n) is 1.89. The first kappa shape index (κ1) is 16.2. The van der Waals surface area contributed by atoms with Crippen molar-refractivity contribution in [1.82, 2.24) is 0 Å². The molecule has 0 N–H and O–H groups in total. The van der Waals surface area contributed by atoms with E-state index in [1.807, 2.05) is 0 Å². The predicted molar refractivity (Wildman–Crippen MR) is 74.4 cm³/mol. The zero-order valence-electron chi connectivity index (χ0n) is 11.9. The number of esters is 1. The van der Waals surface area contributed by atoms with E-state index in [2.05, 4.69) is 6.92 Å². The minimum atomic E-state index is -1.24. The van der Waals surface area contributed by atoms with Crippen molar-refractivity contribution in [1.29, 1.82) is 0 Å². The molecule has 0 aliphatic carbocycles. The van der Waals surface area contributed by atoms with Gasteiger partial charge in [0.15, 0.2) is 0 Å². The molecule has 0 unspecified atom stereocenters. The van der Waals surface area contributed by atoms with Gasteiger partial charge in [0.05, 0.1) is 5.97 Å². The molecule has 0 amide bonds. The molecule has 20 heavy (non-hydrogen) atoms. The first-order valence-electron chi connectivity index (χ1n) is 7.15. The maximum atomic E-state index is 11.6.